The maximum Gasteiger partial charge on any atom is 0.321 e. The van der Waals surface area contributed by atoms with Gasteiger partial charge in [-0.1, -0.05) is 0 Å². The molecule has 1 heterocycles. The van der Waals surface area contributed by atoms with Crippen LogP contribution < -0.4 is 5.32 Å². The summed E-state index contributed by atoms with van der Waals surface area (Å²) in [5.74, 6) is -1.48. The third kappa shape index (κ3) is 2.87. The Morgan fingerprint density at radius 2 is 2.10 bits per heavy atom. The van der Waals surface area contributed by atoms with E-state index in [1.54, 1.807) is 0 Å². The number of carbonyl (C=O) groups is 2. The zero-order valence-electron chi connectivity index (χ0n) is 10.1. The van der Waals surface area contributed by atoms with Crippen LogP contribution >= 0.6 is 15.9 Å². The number of carboxylic acids is 1. The number of benzene rings is 1. The Labute approximate surface area is 121 Å². The van der Waals surface area contributed by atoms with E-state index in [1.165, 1.54) is 23.1 Å². The SMILES string of the molecule is O=C(O)C1CN(C(=O)Nc2ccc(Br)c([N+](=O)[O-])c2)C1. The molecule has 1 aromatic rings. The van der Waals surface area contributed by atoms with E-state index >= 15 is 0 Å². The highest BCUT2D eigenvalue weighted by molar-refractivity contribution is 9.10. The number of carbonyl (C=O) groups excluding carboxylic acids is 1. The molecule has 1 aromatic carbocycles. The Kier molecular flexibility index (Phi) is 3.89. The van der Waals surface area contributed by atoms with Crippen molar-refractivity contribution < 1.29 is 19.6 Å². The fourth-order valence-electron chi connectivity index (χ4n) is 1.73. The molecule has 0 radical (unpaired) electrons. The molecule has 106 valence electrons. The van der Waals surface area contributed by atoms with Gasteiger partial charge in [-0.25, -0.2) is 4.79 Å². The average molecular weight is 344 g/mol. The Morgan fingerprint density at radius 1 is 1.45 bits per heavy atom. The molecule has 0 bridgehead atoms. The number of rotatable bonds is 3. The number of nitrogens with one attached hydrogen (secondary N) is 1. The Bertz CT molecular complexity index is 585. The zero-order chi connectivity index (χ0) is 14.9. The van der Waals surface area contributed by atoms with Gasteiger partial charge in [0.15, 0.2) is 0 Å². The number of anilines is 1. The second-order valence-corrected chi connectivity index (χ2v) is 5.15. The molecule has 0 unspecified atom stereocenters. The third-order valence-electron chi connectivity index (χ3n) is 2.91. The average Bonchev–Trinajstić information content (AvgIpc) is 2.28. The van der Waals surface area contributed by atoms with E-state index in [2.05, 4.69) is 21.2 Å². The van der Waals surface area contributed by atoms with Gasteiger partial charge in [-0.05, 0) is 28.1 Å². The molecule has 20 heavy (non-hydrogen) atoms. The van der Waals surface area contributed by atoms with E-state index < -0.39 is 22.8 Å². The first-order chi connectivity index (χ1) is 9.38. The van der Waals surface area contributed by atoms with Gasteiger partial charge in [0.25, 0.3) is 5.69 Å². The molecule has 0 aromatic heterocycles. The van der Waals surface area contributed by atoms with E-state index in [0.29, 0.717) is 4.47 Å². The first-order valence-electron chi connectivity index (χ1n) is 5.61. The highest BCUT2D eigenvalue weighted by Gasteiger charge is 2.35. The number of aliphatic carboxylic acids is 1. The predicted octanol–water partition coefficient (Wildman–Crippen LogP) is 1.91. The van der Waals surface area contributed by atoms with Crippen molar-refractivity contribution in [2.24, 2.45) is 5.92 Å². The van der Waals surface area contributed by atoms with Gasteiger partial charge < -0.3 is 15.3 Å². The van der Waals surface area contributed by atoms with Crippen molar-refractivity contribution in [2.45, 2.75) is 0 Å². The number of carboxylic acid groups (broad SMARTS) is 1. The van der Waals surface area contributed by atoms with Crippen molar-refractivity contribution >= 4 is 39.3 Å². The molecule has 8 nitrogen and oxygen atoms in total. The summed E-state index contributed by atoms with van der Waals surface area (Å²) in [5.41, 5.74) is 0.124. The first-order valence-corrected chi connectivity index (χ1v) is 6.40. The lowest BCUT2D eigenvalue weighted by Gasteiger charge is -2.36. The van der Waals surface area contributed by atoms with Crippen molar-refractivity contribution in [1.29, 1.82) is 0 Å². The van der Waals surface area contributed by atoms with Crippen molar-refractivity contribution in [1.82, 2.24) is 4.90 Å². The maximum atomic E-state index is 11.8. The van der Waals surface area contributed by atoms with Crippen molar-refractivity contribution in [3.63, 3.8) is 0 Å². The van der Waals surface area contributed by atoms with Crippen LogP contribution in [0.5, 0.6) is 0 Å². The normalized spacial score (nSPS) is 14.6. The largest absolute Gasteiger partial charge is 0.481 e. The van der Waals surface area contributed by atoms with Crippen LogP contribution in [0.15, 0.2) is 22.7 Å². The lowest BCUT2D eigenvalue weighted by atomic mass is 10.0. The Balaban J connectivity index is 2.01. The lowest BCUT2D eigenvalue weighted by Crippen LogP contribution is -2.54. The van der Waals surface area contributed by atoms with Gasteiger partial charge in [0.2, 0.25) is 0 Å². The monoisotopic (exact) mass is 343 g/mol. The van der Waals surface area contributed by atoms with Crippen molar-refractivity contribution in [2.75, 3.05) is 18.4 Å². The summed E-state index contributed by atoms with van der Waals surface area (Å²) in [5, 5.41) is 22.0. The third-order valence-corrected chi connectivity index (χ3v) is 3.58. The highest BCUT2D eigenvalue weighted by Crippen LogP contribution is 2.28. The van der Waals surface area contributed by atoms with Crippen LogP contribution in [-0.2, 0) is 4.79 Å². The van der Waals surface area contributed by atoms with Crippen LogP contribution in [0.25, 0.3) is 0 Å². The molecule has 0 atom stereocenters. The summed E-state index contributed by atoms with van der Waals surface area (Å²) >= 11 is 3.04. The van der Waals surface area contributed by atoms with Crippen LogP contribution in [0.2, 0.25) is 0 Å². The molecule has 2 rings (SSSR count). The number of hydrogen-bond donors (Lipinski definition) is 2. The summed E-state index contributed by atoms with van der Waals surface area (Å²) in [7, 11) is 0. The van der Waals surface area contributed by atoms with Crippen molar-refractivity contribution in [3.05, 3.63) is 32.8 Å². The predicted molar refractivity (Wildman–Crippen MR) is 72.5 cm³/mol. The molecular weight excluding hydrogens is 334 g/mol. The smallest absolute Gasteiger partial charge is 0.321 e. The number of halogens is 1. The summed E-state index contributed by atoms with van der Waals surface area (Å²) < 4.78 is 0.315. The van der Waals surface area contributed by atoms with Gasteiger partial charge in [0, 0.05) is 24.8 Å². The van der Waals surface area contributed by atoms with Crippen LogP contribution in [0, 0.1) is 16.0 Å². The van der Waals surface area contributed by atoms with Crippen LogP contribution in [-0.4, -0.2) is 40.0 Å². The summed E-state index contributed by atoms with van der Waals surface area (Å²) in [6, 6.07) is 3.74. The van der Waals surface area contributed by atoms with Gasteiger partial charge in [-0.2, -0.15) is 0 Å². The molecule has 2 amide bonds. The molecule has 1 fully saturated rings. The van der Waals surface area contributed by atoms with E-state index in [9.17, 15) is 19.7 Å². The number of urea groups is 1. The number of hydrogen-bond acceptors (Lipinski definition) is 4. The molecular formula is C11H10BrN3O5. The Hall–Kier alpha value is -2.16. The minimum atomic E-state index is -0.937. The lowest BCUT2D eigenvalue weighted by molar-refractivity contribution is -0.385. The topological polar surface area (TPSA) is 113 Å². The molecule has 2 N–H and O–H groups in total. The van der Waals surface area contributed by atoms with E-state index in [-0.39, 0.29) is 24.5 Å². The van der Waals surface area contributed by atoms with Gasteiger partial charge in [0.05, 0.1) is 15.3 Å². The second-order valence-electron chi connectivity index (χ2n) is 4.29. The molecule has 1 aliphatic heterocycles. The first kappa shape index (κ1) is 14.3. The summed E-state index contributed by atoms with van der Waals surface area (Å²) in [6.45, 7) is 0.277. The number of nitrogens with zero attached hydrogens (tertiary/aromatic N) is 2. The molecule has 1 saturated heterocycles. The van der Waals surface area contributed by atoms with E-state index in [0.717, 1.165) is 0 Å². The van der Waals surface area contributed by atoms with Gasteiger partial charge >= 0.3 is 12.0 Å². The summed E-state index contributed by atoms with van der Waals surface area (Å²) in [6.07, 6.45) is 0. The van der Waals surface area contributed by atoms with Crippen LogP contribution in [0.3, 0.4) is 0 Å². The Morgan fingerprint density at radius 3 is 2.65 bits per heavy atom. The number of likely N-dealkylation sites (tertiary alicyclic amines) is 1. The minimum absolute atomic E-state index is 0.139. The maximum absolute atomic E-state index is 11.8. The number of nitro groups is 1. The zero-order valence-corrected chi connectivity index (χ0v) is 11.7. The number of nitro benzene ring substituents is 1. The van der Waals surface area contributed by atoms with Gasteiger partial charge in [0.1, 0.15) is 0 Å². The minimum Gasteiger partial charge on any atom is -0.481 e. The fraction of sp³-hybridized carbons (Fsp3) is 0.273. The summed E-state index contributed by atoms with van der Waals surface area (Å²) in [4.78, 5) is 33.9. The molecule has 0 aliphatic carbocycles. The molecule has 9 heteroatoms. The highest BCUT2D eigenvalue weighted by atomic mass is 79.9. The van der Waals surface area contributed by atoms with Crippen LogP contribution in [0.4, 0.5) is 16.2 Å². The molecule has 0 spiro atoms. The van der Waals surface area contributed by atoms with Gasteiger partial charge in [-0.3, -0.25) is 14.9 Å². The standard InChI is InChI=1S/C11H10BrN3O5/c12-8-2-1-7(3-9(8)15(19)20)13-11(18)14-4-6(5-14)10(16)17/h1-3,6H,4-5H2,(H,13,18)(H,16,17). The van der Waals surface area contributed by atoms with Crippen molar-refractivity contribution in [3.8, 4) is 0 Å². The quantitative estimate of drug-likeness (QED) is 0.642. The van der Waals surface area contributed by atoms with Crippen LogP contribution in [0.1, 0.15) is 0 Å². The van der Waals surface area contributed by atoms with E-state index in [4.69, 9.17) is 5.11 Å². The van der Waals surface area contributed by atoms with Gasteiger partial charge in [-0.15, -0.1) is 0 Å². The van der Waals surface area contributed by atoms with E-state index in [1.807, 2.05) is 0 Å². The molecule has 1 aliphatic rings. The second kappa shape index (κ2) is 5.45. The molecule has 0 saturated carbocycles. The number of amides is 2. The fourth-order valence-corrected chi connectivity index (χ4v) is 2.12.